The molecule has 34 heavy (non-hydrogen) atoms. The summed E-state index contributed by atoms with van der Waals surface area (Å²) in [5, 5.41) is 70.5. The lowest BCUT2D eigenvalue weighted by molar-refractivity contribution is -0.135. The lowest BCUT2D eigenvalue weighted by Gasteiger charge is -2.36. The molecular weight excluding hydrogens is 448 g/mol. The topological polar surface area (TPSA) is 177 Å². The van der Waals surface area contributed by atoms with Gasteiger partial charge in [0, 0.05) is 29.5 Å². The van der Waals surface area contributed by atoms with Gasteiger partial charge in [0.2, 0.25) is 0 Å². The SMILES string of the molecule is O=C1C[C@H](c2cc(O)c(O)c(O)c2)c2c(cc(O)c3c2O[C@H](c2ccc(O)c(O)c2)[C@@H](O)C3)O1. The Balaban J connectivity index is 1.67. The third-order valence-corrected chi connectivity index (χ3v) is 6.13. The Morgan fingerprint density at radius 3 is 2.12 bits per heavy atom. The van der Waals surface area contributed by atoms with E-state index in [1.165, 1.54) is 36.4 Å². The summed E-state index contributed by atoms with van der Waals surface area (Å²) in [4.78, 5) is 12.3. The largest absolute Gasteiger partial charge is 0.507 e. The van der Waals surface area contributed by atoms with Crippen molar-refractivity contribution in [3.8, 4) is 46.0 Å². The van der Waals surface area contributed by atoms with E-state index in [1.807, 2.05) is 0 Å². The molecule has 3 atom stereocenters. The predicted octanol–water partition coefficient (Wildman–Crippen LogP) is 2.40. The number of aliphatic hydroxyl groups is 1. The third-order valence-electron chi connectivity index (χ3n) is 6.13. The molecule has 2 aliphatic heterocycles. The van der Waals surface area contributed by atoms with Gasteiger partial charge in [-0.3, -0.25) is 4.79 Å². The molecule has 0 spiro atoms. The summed E-state index contributed by atoms with van der Waals surface area (Å²) >= 11 is 0. The Kier molecular flexibility index (Phi) is 4.83. The quantitative estimate of drug-likeness (QED) is 0.168. The van der Waals surface area contributed by atoms with Crippen LogP contribution < -0.4 is 9.47 Å². The second-order valence-electron chi connectivity index (χ2n) is 8.31. The summed E-state index contributed by atoms with van der Waals surface area (Å²) in [6.45, 7) is 0. The molecule has 10 nitrogen and oxygen atoms in total. The maximum Gasteiger partial charge on any atom is 0.312 e. The number of fused-ring (bicyclic) bond motifs is 3. The predicted molar refractivity (Wildman–Crippen MR) is 114 cm³/mol. The van der Waals surface area contributed by atoms with E-state index in [9.17, 15) is 40.5 Å². The Hall–Kier alpha value is -4.31. The minimum absolute atomic E-state index is 0.00764. The van der Waals surface area contributed by atoms with Crippen molar-refractivity contribution in [1.82, 2.24) is 0 Å². The monoisotopic (exact) mass is 468 g/mol. The van der Waals surface area contributed by atoms with E-state index in [0.29, 0.717) is 11.1 Å². The van der Waals surface area contributed by atoms with Gasteiger partial charge in [-0.1, -0.05) is 6.07 Å². The fourth-order valence-electron chi connectivity index (χ4n) is 4.50. The van der Waals surface area contributed by atoms with Gasteiger partial charge in [0.15, 0.2) is 28.7 Å². The van der Waals surface area contributed by atoms with Crippen molar-refractivity contribution in [2.45, 2.75) is 31.0 Å². The van der Waals surface area contributed by atoms with Gasteiger partial charge in [0.05, 0.1) is 12.5 Å². The van der Waals surface area contributed by atoms with Crippen LogP contribution in [0.15, 0.2) is 36.4 Å². The molecule has 3 aromatic carbocycles. The molecule has 0 aromatic heterocycles. The van der Waals surface area contributed by atoms with Gasteiger partial charge in [-0.05, 0) is 35.4 Å². The van der Waals surface area contributed by atoms with Gasteiger partial charge in [-0.25, -0.2) is 0 Å². The summed E-state index contributed by atoms with van der Waals surface area (Å²) < 4.78 is 11.4. The number of rotatable bonds is 2. The highest BCUT2D eigenvalue weighted by Crippen LogP contribution is 2.53. The van der Waals surface area contributed by atoms with E-state index in [0.717, 1.165) is 0 Å². The summed E-state index contributed by atoms with van der Waals surface area (Å²) in [5.74, 6) is -4.15. The first-order chi connectivity index (χ1) is 16.1. The summed E-state index contributed by atoms with van der Waals surface area (Å²) in [7, 11) is 0. The number of carbonyl (C=O) groups excluding carboxylic acids is 1. The van der Waals surface area contributed by atoms with Crippen LogP contribution in [0.25, 0.3) is 0 Å². The number of carbonyl (C=O) groups is 1. The molecule has 2 aliphatic rings. The van der Waals surface area contributed by atoms with Gasteiger partial charge in [0.1, 0.15) is 23.4 Å². The van der Waals surface area contributed by atoms with Gasteiger partial charge in [-0.15, -0.1) is 0 Å². The average Bonchev–Trinajstić information content (AvgIpc) is 2.78. The van der Waals surface area contributed by atoms with Crippen LogP contribution >= 0.6 is 0 Å². The number of aliphatic hydroxyl groups excluding tert-OH is 1. The van der Waals surface area contributed by atoms with Crippen LogP contribution in [0.1, 0.15) is 40.7 Å². The average molecular weight is 468 g/mol. The van der Waals surface area contributed by atoms with Crippen LogP contribution in [0.4, 0.5) is 0 Å². The van der Waals surface area contributed by atoms with Crippen molar-refractivity contribution in [3.63, 3.8) is 0 Å². The zero-order valence-corrected chi connectivity index (χ0v) is 17.5. The van der Waals surface area contributed by atoms with Crippen molar-refractivity contribution in [2.24, 2.45) is 0 Å². The Morgan fingerprint density at radius 2 is 1.44 bits per heavy atom. The van der Waals surface area contributed by atoms with E-state index in [4.69, 9.17) is 9.47 Å². The molecule has 0 amide bonds. The Morgan fingerprint density at radius 1 is 0.765 bits per heavy atom. The number of hydrogen-bond donors (Lipinski definition) is 7. The minimum Gasteiger partial charge on any atom is -0.507 e. The molecule has 3 aromatic rings. The van der Waals surface area contributed by atoms with Crippen LogP contribution in [0.5, 0.6) is 46.0 Å². The van der Waals surface area contributed by atoms with Crippen molar-refractivity contribution >= 4 is 5.97 Å². The fourth-order valence-corrected chi connectivity index (χ4v) is 4.50. The van der Waals surface area contributed by atoms with E-state index in [2.05, 4.69) is 0 Å². The van der Waals surface area contributed by atoms with Crippen molar-refractivity contribution in [2.75, 3.05) is 0 Å². The van der Waals surface area contributed by atoms with Gasteiger partial charge >= 0.3 is 5.97 Å². The zero-order chi connectivity index (χ0) is 24.3. The van der Waals surface area contributed by atoms with E-state index in [-0.39, 0.29) is 47.0 Å². The standard InChI is InChI=1S/C24H20O10/c25-13-2-1-9(3-15(13)27)23-18(30)6-12-14(26)8-19-21(24(12)34-23)11(7-20(31)33-19)10-4-16(28)22(32)17(29)5-10/h1-5,8,11,18,23,25-30,32H,6-7H2/t11-,18+,23-/m1/s1. The number of phenolic OH excluding ortho intramolecular Hbond substituents is 6. The van der Waals surface area contributed by atoms with Gasteiger partial charge < -0.3 is 45.2 Å². The molecule has 7 N–H and O–H groups in total. The number of esters is 1. The molecule has 0 radical (unpaired) electrons. The molecule has 5 rings (SSSR count). The number of ether oxygens (including phenoxy) is 2. The maximum absolute atomic E-state index is 12.3. The molecule has 0 saturated heterocycles. The second kappa shape index (κ2) is 7.63. The second-order valence-corrected chi connectivity index (χ2v) is 8.31. The highest BCUT2D eigenvalue weighted by atomic mass is 16.5. The van der Waals surface area contributed by atoms with Crippen molar-refractivity contribution < 1.29 is 50.0 Å². The Labute approximate surface area is 192 Å². The van der Waals surface area contributed by atoms with E-state index in [1.54, 1.807) is 0 Å². The first-order valence-corrected chi connectivity index (χ1v) is 10.3. The number of phenols is 6. The minimum atomic E-state index is -1.12. The zero-order valence-electron chi connectivity index (χ0n) is 17.5. The lowest BCUT2D eigenvalue weighted by atomic mass is 9.82. The van der Waals surface area contributed by atoms with Crippen LogP contribution in [0.3, 0.4) is 0 Å². The molecule has 0 bridgehead atoms. The highest BCUT2D eigenvalue weighted by molar-refractivity contribution is 5.80. The lowest BCUT2D eigenvalue weighted by Crippen LogP contribution is -2.32. The first kappa shape index (κ1) is 21.5. The summed E-state index contributed by atoms with van der Waals surface area (Å²) in [5.41, 5.74) is 1.25. The van der Waals surface area contributed by atoms with Crippen LogP contribution in [0, 0.1) is 0 Å². The van der Waals surface area contributed by atoms with Crippen LogP contribution in [-0.4, -0.2) is 47.8 Å². The van der Waals surface area contributed by atoms with Crippen LogP contribution in [-0.2, 0) is 11.2 Å². The molecule has 10 heteroatoms. The molecule has 0 unspecified atom stereocenters. The highest BCUT2D eigenvalue weighted by Gasteiger charge is 2.40. The summed E-state index contributed by atoms with van der Waals surface area (Å²) in [6.07, 6.45) is -2.34. The molecular formula is C24H20O10. The number of benzene rings is 3. The maximum atomic E-state index is 12.3. The smallest absolute Gasteiger partial charge is 0.312 e. The molecule has 2 heterocycles. The third kappa shape index (κ3) is 3.35. The van der Waals surface area contributed by atoms with Crippen molar-refractivity contribution in [1.29, 1.82) is 0 Å². The molecule has 0 saturated carbocycles. The molecule has 0 fully saturated rings. The molecule has 176 valence electrons. The van der Waals surface area contributed by atoms with E-state index >= 15 is 0 Å². The fraction of sp³-hybridized carbons (Fsp3) is 0.208. The Bertz CT molecular complexity index is 1310. The number of aromatic hydroxyl groups is 6. The van der Waals surface area contributed by atoms with Gasteiger partial charge in [-0.2, -0.15) is 0 Å². The molecule has 0 aliphatic carbocycles. The van der Waals surface area contributed by atoms with Gasteiger partial charge in [0.25, 0.3) is 0 Å². The first-order valence-electron chi connectivity index (χ1n) is 10.3. The number of hydrogen-bond acceptors (Lipinski definition) is 10. The van der Waals surface area contributed by atoms with E-state index < -0.39 is 47.1 Å². The van der Waals surface area contributed by atoms with Crippen LogP contribution in [0.2, 0.25) is 0 Å². The van der Waals surface area contributed by atoms with Crippen molar-refractivity contribution in [3.05, 3.63) is 58.7 Å². The summed E-state index contributed by atoms with van der Waals surface area (Å²) in [6, 6.07) is 7.61. The normalized spacial score (nSPS) is 21.2.